The van der Waals surface area contributed by atoms with E-state index >= 15 is 0 Å². The normalized spacial score (nSPS) is 15.1. The maximum Gasteiger partial charge on any atom is 0.293 e. The number of nitro groups is 1. The molecule has 0 heterocycles. The SMILES string of the molecule is CN(c1ccc(C=O)cc1[N+](=O)[O-])C1CCC1. The van der Waals surface area contributed by atoms with Crippen molar-refractivity contribution in [3.8, 4) is 0 Å². The number of carbonyl (C=O) groups is 1. The van der Waals surface area contributed by atoms with Gasteiger partial charge in [-0.2, -0.15) is 0 Å². The highest BCUT2D eigenvalue weighted by atomic mass is 16.6. The molecule has 0 bridgehead atoms. The highest BCUT2D eigenvalue weighted by molar-refractivity contribution is 5.79. The van der Waals surface area contributed by atoms with E-state index in [1.54, 1.807) is 12.1 Å². The first kappa shape index (κ1) is 11.6. The van der Waals surface area contributed by atoms with Gasteiger partial charge < -0.3 is 4.90 Å². The van der Waals surface area contributed by atoms with E-state index in [0.29, 0.717) is 23.6 Å². The predicted octanol–water partition coefficient (Wildman–Crippen LogP) is 2.40. The fourth-order valence-corrected chi connectivity index (χ4v) is 2.03. The summed E-state index contributed by atoms with van der Waals surface area (Å²) in [6.07, 6.45) is 3.95. The molecule has 90 valence electrons. The lowest BCUT2D eigenvalue weighted by atomic mass is 9.91. The molecule has 0 atom stereocenters. The Morgan fingerprint density at radius 3 is 2.65 bits per heavy atom. The molecule has 1 fully saturated rings. The average Bonchev–Trinajstić information content (AvgIpc) is 2.25. The van der Waals surface area contributed by atoms with E-state index in [4.69, 9.17) is 0 Å². The van der Waals surface area contributed by atoms with Gasteiger partial charge in [-0.3, -0.25) is 14.9 Å². The second kappa shape index (κ2) is 4.53. The van der Waals surface area contributed by atoms with E-state index in [-0.39, 0.29) is 5.69 Å². The molecule has 1 aliphatic carbocycles. The molecule has 1 aromatic rings. The molecule has 5 heteroatoms. The van der Waals surface area contributed by atoms with E-state index in [9.17, 15) is 14.9 Å². The van der Waals surface area contributed by atoms with Gasteiger partial charge in [0.15, 0.2) is 0 Å². The zero-order chi connectivity index (χ0) is 12.4. The second-order valence-corrected chi connectivity index (χ2v) is 4.32. The van der Waals surface area contributed by atoms with Crippen LogP contribution in [0.3, 0.4) is 0 Å². The molecule has 0 amide bonds. The van der Waals surface area contributed by atoms with Gasteiger partial charge in [-0.15, -0.1) is 0 Å². The smallest absolute Gasteiger partial charge is 0.293 e. The van der Waals surface area contributed by atoms with Crippen molar-refractivity contribution in [1.29, 1.82) is 0 Å². The van der Waals surface area contributed by atoms with Crippen molar-refractivity contribution in [2.24, 2.45) is 0 Å². The average molecular weight is 234 g/mol. The minimum atomic E-state index is -0.433. The number of hydrogen-bond acceptors (Lipinski definition) is 4. The molecule has 0 unspecified atom stereocenters. The summed E-state index contributed by atoms with van der Waals surface area (Å²) < 4.78 is 0. The minimum absolute atomic E-state index is 0.00370. The number of anilines is 1. The van der Waals surface area contributed by atoms with Crippen molar-refractivity contribution in [2.75, 3.05) is 11.9 Å². The number of aldehydes is 1. The van der Waals surface area contributed by atoms with Gasteiger partial charge in [-0.25, -0.2) is 0 Å². The Morgan fingerprint density at radius 2 is 2.18 bits per heavy atom. The van der Waals surface area contributed by atoms with Crippen molar-refractivity contribution in [3.05, 3.63) is 33.9 Å². The lowest BCUT2D eigenvalue weighted by Crippen LogP contribution is -2.37. The summed E-state index contributed by atoms with van der Waals surface area (Å²) in [6, 6.07) is 4.98. The number of nitro benzene ring substituents is 1. The Kier molecular flexibility index (Phi) is 3.08. The van der Waals surface area contributed by atoms with Gasteiger partial charge >= 0.3 is 0 Å². The van der Waals surface area contributed by atoms with Crippen LogP contribution in [0.25, 0.3) is 0 Å². The highest BCUT2D eigenvalue weighted by Gasteiger charge is 2.27. The van der Waals surface area contributed by atoms with E-state index in [1.165, 1.54) is 12.5 Å². The Balaban J connectivity index is 2.37. The Morgan fingerprint density at radius 1 is 1.47 bits per heavy atom. The van der Waals surface area contributed by atoms with Crippen LogP contribution >= 0.6 is 0 Å². The summed E-state index contributed by atoms with van der Waals surface area (Å²) in [4.78, 5) is 23.1. The van der Waals surface area contributed by atoms with Crippen LogP contribution in [0.5, 0.6) is 0 Å². The third-order valence-electron chi connectivity index (χ3n) is 3.33. The molecule has 5 nitrogen and oxygen atoms in total. The Labute approximate surface area is 99.2 Å². The molecule has 1 saturated carbocycles. The van der Waals surface area contributed by atoms with Crippen LogP contribution in [0.4, 0.5) is 11.4 Å². The van der Waals surface area contributed by atoms with E-state index in [2.05, 4.69) is 0 Å². The monoisotopic (exact) mass is 234 g/mol. The standard InChI is InChI=1S/C12H14N2O3/c1-13(10-3-2-4-10)11-6-5-9(8-15)7-12(11)14(16)17/h5-8,10H,2-4H2,1H3. The van der Waals surface area contributed by atoms with Crippen molar-refractivity contribution < 1.29 is 9.72 Å². The number of benzene rings is 1. The fraction of sp³-hybridized carbons (Fsp3) is 0.417. The van der Waals surface area contributed by atoms with Crippen LogP contribution in [0.15, 0.2) is 18.2 Å². The lowest BCUT2D eigenvalue weighted by Gasteiger charge is -2.36. The van der Waals surface area contributed by atoms with Crippen LogP contribution in [-0.4, -0.2) is 24.3 Å². The van der Waals surface area contributed by atoms with Gasteiger partial charge in [0.2, 0.25) is 0 Å². The maximum atomic E-state index is 11.0. The molecule has 1 aliphatic rings. The van der Waals surface area contributed by atoms with Crippen LogP contribution in [0.2, 0.25) is 0 Å². The van der Waals surface area contributed by atoms with E-state index in [1.807, 2.05) is 11.9 Å². The first-order valence-corrected chi connectivity index (χ1v) is 5.60. The molecular formula is C12H14N2O3. The van der Waals surface area contributed by atoms with Crippen molar-refractivity contribution >= 4 is 17.7 Å². The molecule has 0 spiro atoms. The number of hydrogen-bond donors (Lipinski definition) is 0. The van der Waals surface area contributed by atoms with Crippen molar-refractivity contribution in [2.45, 2.75) is 25.3 Å². The Hall–Kier alpha value is -1.91. The topological polar surface area (TPSA) is 63.5 Å². The maximum absolute atomic E-state index is 11.0. The summed E-state index contributed by atoms with van der Waals surface area (Å²) in [7, 11) is 1.87. The fourth-order valence-electron chi connectivity index (χ4n) is 2.03. The van der Waals surface area contributed by atoms with Gasteiger partial charge in [0, 0.05) is 24.7 Å². The molecule has 17 heavy (non-hydrogen) atoms. The van der Waals surface area contributed by atoms with Gasteiger partial charge in [0.1, 0.15) is 12.0 Å². The van der Waals surface area contributed by atoms with E-state index < -0.39 is 4.92 Å². The van der Waals surface area contributed by atoms with Crippen molar-refractivity contribution in [3.63, 3.8) is 0 Å². The lowest BCUT2D eigenvalue weighted by molar-refractivity contribution is -0.384. The summed E-state index contributed by atoms with van der Waals surface area (Å²) >= 11 is 0. The molecule has 0 aliphatic heterocycles. The van der Waals surface area contributed by atoms with Crippen LogP contribution in [-0.2, 0) is 0 Å². The summed E-state index contributed by atoms with van der Waals surface area (Å²) in [5, 5.41) is 11.0. The first-order chi connectivity index (χ1) is 8.13. The number of nitrogens with zero attached hydrogens (tertiary/aromatic N) is 2. The van der Waals surface area contributed by atoms with Gasteiger partial charge in [0.25, 0.3) is 5.69 Å². The Bertz CT molecular complexity index is 455. The van der Waals surface area contributed by atoms with Crippen molar-refractivity contribution in [1.82, 2.24) is 0 Å². The summed E-state index contributed by atoms with van der Waals surface area (Å²) in [6.45, 7) is 0. The molecular weight excluding hydrogens is 220 g/mol. The minimum Gasteiger partial charge on any atom is -0.366 e. The zero-order valence-electron chi connectivity index (χ0n) is 9.63. The number of rotatable bonds is 4. The summed E-state index contributed by atoms with van der Waals surface area (Å²) in [5.41, 5.74) is 0.928. The predicted molar refractivity (Wildman–Crippen MR) is 64.5 cm³/mol. The quantitative estimate of drug-likeness (QED) is 0.456. The highest BCUT2D eigenvalue weighted by Crippen LogP contribution is 2.34. The van der Waals surface area contributed by atoms with Crippen LogP contribution in [0.1, 0.15) is 29.6 Å². The van der Waals surface area contributed by atoms with Crippen LogP contribution < -0.4 is 4.90 Å². The summed E-state index contributed by atoms with van der Waals surface area (Å²) in [5.74, 6) is 0. The number of carbonyl (C=O) groups excluding carboxylic acids is 1. The zero-order valence-corrected chi connectivity index (χ0v) is 9.63. The largest absolute Gasteiger partial charge is 0.366 e. The van der Waals surface area contributed by atoms with Crippen LogP contribution in [0, 0.1) is 10.1 Å². The van der Waals surface area contributed by atoms with E-state index in [0.717, 1.165) is 12.8 Å². The second-order valence-electron chi connectivity index (χ2n) is 4.32. The molecule has 0 radical (unpaired) electrons. The molecule has 0 aromatic heterocycles. The molecule has 1 aromatic carbocycles. The first-order valence-electron chi connectivity index (χ1n) is 5.60. The van der Waals surface area contributed by atoms with Gasteiger partial charge in [-0.05, 0) is 31.4 Å². The van der Waals surface area contributed by atoms with Gasteiger partial charge in [-0.1, -0.05) is 0 Å². The molecule has 0 N–H and O–H groups in total. The van der Waals surface area contributed by atoms with Gasteiger partial charge in [0.05, 0.1) is 4.92 Å². The molecule has 0 saturated heterocycles. The molecule has 2 rings (SSSR count). The third kappa shape index (κ3) is 2.13. The third-order valence-corrected chi connectivity index (χ3v) is 3.33.